The lowest BCUT2D eigenvalue weighted by Crippen LogP contribution is -2.48. The number of rotatable bonds is 4. The highest BCUT2D eigenvalue weighted by molar-refractivity contribution is 7.99. The van der Waals surface area contributed by atoms with Crippen molar-refractivity contribution in [2.75, 3.05) is 24.6 Å². The molecule has 94 valence electrons. The van der Waals surface area contributed by atoms with Gasteiger partial charge < -0.3 is 9.64 Å². The van der Waals surface area contributed by atoms with Gasteiger partial charge in [0.25, 0.3) is 0 Å². The minimum Gasteiger partial charge on any atom is -0.372 e. The zero-order chi connectivity index (χ0) is 12.1. The number of hydrogen-bond donors (Lipinski definition) is 0. The first kappa shape index (κ1) is 13.8. The number of carbonyl (C=O) groups is 1. The van der Waals surface area contributed by atoms with E-state index in [-0.39, 0.29) is 18.1 Å². The maximum absolute atomic E-state index is 11.9. The Morgan fingerprint density at radius 3 is 2.44 bits per heavy atom. The molecule has 4 heteroatoms. The molecule has 0 aromatic carbocycles. The van der Waals surface area contributed by atoms with E-state index in [1.54, 1.807) is 11.8 Å². The van der Waals surface area contributed by atoms with Crippen molar-refractivity contribution in [2.45, 2.75) is 39.9 Å². The molecule has 2 atom stereocenters. The predicted molar refractivity (Wildman–Crippen MR) is 68.8 cm³/mol. The van der Waals surface area contributed by atoms with E-state index < -0.39 is 0 Å². The summed E-state index contributed by atoms with van der Waals surface area (Å²) in [5.41, 5.74) is 0. The summed E-state index contributed by atoms with van der Waals surface area (Å²) in [5.74, 6) is 2.58. The summed E-state index contributed by atoms with van der Waals surface area (Å²) in [6.45, 7) is 9.89. The van der Waals surface area contributed by atoms with Crippen LogP contribution in [0.3, 0.4) is 0 Å². The third-order valence-electron chi connectivity index (χ3n) is 2.45. The van der Waals surface area contributed by atoms with E-state index in [0.717, 1.165) is 18.8 Å². The minimum absolute atomic E-state index is 0.169. The fourth-order valence-electron chi connectivity index (χ4n) is 1.85. The lowest BCUT2D eigenvalue weighted by molar-refractivity contribution is -0.140. The summed E-state index contributed by atoms with van der Waals surface area (Å²) in [6.07, 6.45) is 0.339. The van der Waals surface area contributed by atoms with Gasteiger partial charge in [0.2, 0.25) is 5.91 Å². The summed E-state index contributed by atoms with van der Waals surface area (Å²) in [7, 11) is 0. The average molecular weight is 245 g/mol. The largest absolute Gasteiger partial charge is 0.372 e. The van der Waals surface area contributed by atoms with Crippen LogP contribution in [0.2, 0.25) is 0 Å². The smallest absolute Gasteiger partial charge is 0.232 e. The molecule has 0 unspecified atom stereocenters. The van der Waals surface area contributed by atoms with Crippen LogP contribution in [0.25, 0.3) is 0 Å². The van der Waals surface area contributed by atoms with Crippen molar-refractivity contribution in [3.8, 4) is 0 Å². The standard InChI is InChI=1S/C12H23NO2S/c1-9(2)7-16-8-12(14)13-5-10(3)15-11(4)6-13/h9-11H,5-8H2,1-4H3/t10-,11+. The van der Waals surface area contributed by atoms with Crippen molar-refractivity contribution in [3.05, 3.63) is 0 Å². The molecule has 3 nitrogen and oxygen atoms in total. The second kappa shape index (κ2) is 6.50. The second-order valence-corrected chi connectivity index (χ2v) is 6.00. The first-order valence-electron chi connectivity index (χ1n) is 6.00. The third-order valence-corrected chi connectivity index (χ3v) is 3.80. The molecular formula is C12H23NO2S. The van der Waals surface area contributed by atoms with Crippen LogP contribution >= 0.6 is 11.8 Å². The number of carbonyl (C=O) groups excluding carboxylic acids is 1. The number of hydrogen-bond acceptors (Lipinski definition) is 3. The van der Waals surface area contributed by atoms with Gasteiger partial charge in [0.1, 0.15) is 0 Å². The predicted octanol–water partition coefficient (Wildman–Crippen LogP) is 2.01. The van der Waals surface area contributed by atoms with Gasteiger partial charge >= 0.3 is 0 Å². The van der Waals surface area contributed by atoms with E-state index in [0.29, 0.717) is 11.7 Å². The molecule has 16 heavy (non-hydrogen) atoms. The first-order chi connectivity index (χ1) is 7.49. The quantitative estimate of drug-likeness (QED) is 0.759. The van der Waals surface area contributed by atoms with Crippen LogP contribution in [0.15, 0.2) is 0 Å². The summed E-state index contributed by atoms with van der Waals surface area (Å²) in [5, 5.41) is 0. The Morgan fingerprint density at radius 1 is 1.38 bits per heavy atom. The van der Waals surface area contributed by atoms with Gasteiger partial charge in [-0.2, -0.15) is 11.8 Å². The monoisotopic (exact) mass is 245 g/mol. The fraction of sp³-hybridized carbons (Fsp3) is 0.917. The molecule has 0 saturated carbocycles. The molecule has 1 rings (SSSR count). The molecule has 0 aliphatic carbocycles. The van der Waals surface area contributed by atoms with Gasteiger partial charge in [-0.25, -0.2) is 0 Å². The van der Waals surface area contributed by atoms with Crippen LogP contribution < -0.4 is 0 Å². The summed E-state index contributed by atoms with van der Waals surface area (Å²) in [4.78, 5) is 13.9. The summed E-state index contributed by atoms with van der Waals surface area (Å²) in [6, 6.07) is 0. The molecule has 1 fully saturated rings. The van der Waals surface area contributed by atoms with Crippen LogP contribution in [-0.2, 0) is 9.53 Å². The molecule has 1 heterocycles. The average Bonchev–Trinajstić information content (AvgIpc) is 2.15. The number of nitrogens with zero attached hydrogens (tertiary/aromatic N) is 1. The Morgan fingerprint density at radius 2 is 1.94 bits per heavy atom. The normalized spacial score (nSPS) is 26.2. The molecule has 0 aromatic rings. The van der Waals surface area contributed by atoms with Gasteiger partial charge in [0.15, 0.2) is 0 Å². The van der Waals surface area contributed by atoms with Gasteiger partial charge in [0.05, 0.1) is 18.0 Å². The highest BCUT2D eigenvalue weighted by Gasteiger charge is 2.25. The first-order valence-corrected chi connectivity index (χ1v) is 7.15. The third kappa shape index (κ3) is 4.74. The zero-order valence-electron chi connectivity index (χ0n) is 10.7. The summed E-state index contributed by atoms with van der Waals surface area (Å²) >= 11 is 1.73. The molecule has 1 aliphatic heterocycles. The second-order valence-electron chi connectivity index (χ2n) is 4.97. The number of amides is 1. The molecular weight excluding hydrogens is 222 g/mol. The Bertz CT molecular complexity index is 223. The molecule has 0 bridgehead atoms. The number of morpholine rings is 1. The van der Waals surface area contributed by atoms with Crippen molar-refractivity contribution in [3.63, 3.8) is 0 Å². The topological polar surface area (TPSA) is 29.5 Å². The van der Waals surface area contributed by atoms with Gasteiger partial charge in [-0.3, -0.25) is 4.79 Å². The molecule has 1 saturated heterocycles. The van der Waals surface area contributed by atoms with Gasteiger partial charge in [0, 0.05) is 13.1 Å². The van der Waals surface area contributed by atoms with Crippen molar-refractivity contribution < 1.29 is 9.53 Å². The SMILES string of the molecule is CC(C)CSCC(=O)N1C[C@@H](C)O[C@@H](C)C1. The van der Waals surface area contributed by atoms with E-state index >= 15 is 0 Å². The molecule has 0 N–H and O–H groups in total. The van der Waals surface area contributed by atoms with E-state index in [9.17, 15) is 4.79 Å². The van der Waals surface area contributed by atoms with Crippen molar-refractivity contribution in [1.29, 1.82) is 0 Å². The van der Waals surface area contributed by atoms with E-state index in [4.69, 9.17) is 4.74 Å². The lowest BCUT2D eigenvalue weighted by Gasteiger charge is -2.35. The molecule has 1 aliphatic rings. The van der Waals surface area contributed by atoms with Gasteiger partial charge in [-0.15, -0.1) is 0 Å². The Labute approximate surface area is 103 Å². The van der Waals surface area contributed by atoms with Gasteiger partial charge in [-0.05, 0) is 25.5 Å². The lowest BCUT2D eigenvalue weighted by atomic mass is 10.2. The molecule has 0 radical (unpaired) electrons. The van der Waals surface area contributed by atoms with Crippen LogP contribution in [0, 0.1) is 5.92 Å². The molecule has 1 amide bonds. The van der Waals surface area contributed by atoms with Crippen LogP contribution in [0.4, 0.5) is 0 Å². The Hall–Kier alpha value is -0.220. The van der Waals surface area contributed by atoms with E-state index in [2.05, 4.69) is 13.8 Å². The van der Waals surface area contributed by atoms with Crippen LogP contribution in [0.5, 0.6) is 0 Å². The van der Waals surface area contributed by atoms with Crippen LogP contribution in [-0.4, -0.2) is 47.6 Å². The van der Waals surface area contributed by atoms with Gasteiger partial charge in [-0.1, -0.05) is 13.8 Å². The Balaban J connectivity index is 2.30. The molecule has 0 spiro atoms. The number of thioether (sulfide) groups is 1. The van der Waals surface area contributed by atoms with Crippen molar-refractivity contribution in [1.82, 2.24) is 4.90 Å². The van der Waals surface area contributed by atoms with Crippen molar-refractivity contribution >= 4 is 17.7 Å². The maximum atomic E-state index is 11.9. The minimum atomic E-state index is 0.169. The molecule has 0 aromatic heterocycles. The van der Waals surface area contributed by atoms with E-state index in [1.807, 2.05) is 18.7 Å². The van der Waals surface area contributed by atoms with E-state index in [1.165, 1.54) is 0 Å². The highest BCUT2D eigenvalue weighted by Crippen LogP contribution is 2.14. The maximum Gasteiger partial charge on any atom is 0.232 e. The Kier molecular flexibility index (Phi) is 5.62. The number of ether oxygens (including phenoxy) is 1. The summed E-state index contributed by atoms with van der Waals surface area (Å²) < 4.78 is 5.61. The zero-order valence-corrected chi connectivity index (χ0v) is 11.5. The van der Waals surface area contributed by atoms with Crippen LogP contribution in [0.1, 0.15) is 27.7 Å². The highest BCUT2D eigenvalue weighted by atomic mass is 32.2. The van der Waals surface area contributed by atoms with Crippen molar-refractivity contribution in [2.24, 2.45) is 5.92 Å². The fourth-order valence-corrected chi connectivity index (χ4v) is 2.80.